The number of cyclic esters (lactones) is 1. The quantitative estimate of drug-likeness (QED) is 0.609. The molecule has 2 fully saturated rings. The van der Waals surface area contributed by atoms with E-state index in [4.69, 9.17) is 21.1 Å². The second-order valence-electron chi connectivity index (χ2n) is 7.73. The van der Waals surface area contributed by atoms with Gasteiger partial charge in [0, 0.05) is 26.2 Å². The lowest BCUT2D eigenvalue weighted by molar-refractivity contribution is -0.116. The highest BCUT2D eigenvalue weighted by Crippen LogP contribution is 2.28. The molecule has 0 bridgehead atoms. The van der Waals surface area contributed by atoms with Gasteiger partial charge in [-0.2, -0.15) is 0 Å². The van der Waals surface area contributed by atoms with Crippen molar-refractivity contribution in [2.45, 2.75) is 26.1 Å². The number of piperazine rings is 1. The SMILES string of the molecule is CC[C@H]1CN(c2ccc(N3CCNCC3)c(F)c2)C(=O)O1.O=C(Cl)COCc1ccccc1. The molecule has 2 saturated heterocycles. The van der Waals surface area contributed by atoms with Gasteiger partial charge >= 0.3 is 6.09 Å². The molecule has 0 spiro atoms. The van der Waals surface area contributed by atoms with Crippen molar-refractivity contribution in [3.05, 3.63) is 59.9 Å². The maximum absolute atomic E-state index is 14.4. The van der Waals surface area contributed by atoms with Crippen LogP contribution in [0.3, 0.4) is 0 Å². The van der Waals surface area contributed by atoms with Crippen molar-refractivity contribution >= 4 is 34.3 Å². The number of hydrogen-bond donors (Lipinski definition) is 1. The lowest BCUT2D eigenvalue weighted by Gasteiger charge is -2.30. The number of amides is 1. The van der Waals surface area contributed by atoms with E-state index in [-0.39, 0.29) is 18.5 Å². The maximum atomic E-state index is 14.4. The van der Waals surface area contributed by atoms with Crippen molar-refractivity contribution in [1.82, 2.24) is 5.32 Å². The van der Waals surface area contributed by atoms with Crippen molar-refractivity contribution in [3.63, 3.8) is 0 Å². The summed E-state index contributed by atoms with van der Waals surface area (Å²) in [5, 5.41) is 2.78. The third-order valence-corrected chi connectivity index (χ3v) is 5.47. The normalized spacial score (nSPS) is 17.9. The third kappa shape index (κ3) is 7.42. The summed E-state index contributed by atoms with van der Waals surface area (Å²) in [4.78, 5) is 25.6. The van der Waals surface area contributed by atoms with Gasteiger partial charge in [0.2, 0.25) is 5.24 Å². The van der Waals surface area contributed by atoms with E-state index in [1.54, 1.807) is 12.1 Å². The molecule has 0 unspecified atom stereocenters. The third-order valence-electron chi connectivity index (χ3n) is 5.36. The Balaban J connectivity index is 0.000000218. The van der Waals surface area contributed by atoms with Crippen LogP contribution in [0.15, 0.2) is 48.5 Å². The average Bonchev–Trinajstić information content (AvgIpc) is 3.21. The molecule has 7 nitrogen and oxygen atoms in total. The van der Waals surface area contributed by atoms with Crippen molar-refractivity contribution in [1.29, 1.82) is 0 Å². The number of nitrogens with zero attached hydrogens (tertiary/aromatic N) is 2. The van der Waals surface area contributed by atoms with Crippen LogP contribution in [0.2, 0.25) is 0 Å². The fourth-order valence-electron chi connectivity index (χ4n) is 3.59. The summed E-state index contributed by atoms with van der Waals surface area (Å²) in [5.41, 5.74) is 2.20. The van der Waals surface area contributed by atoms with E-state index < -0.39 is 11.3 Å². The molecule has 0 aromatic heterocycles. The van der Waals surface area contributed by atoms with Gasteiger partial charge in [-0.25, -0.2) is 9.18 Å². The fourth-order valence-corrected chi connectivity index (χ4v) is 3.67. The summed E-state index contributed by atoms with van der Waals surface area (Å²) in [7, 11) is 0. The molecule has 1 N–H and O–H groups in total. The van der Waals surface area contributed by atoms with Gasteiger partial charge in [-0.15, -0.1) is 0 Å². The molecule has 1 amide bonds. The second kappa shape index (κ2) is 12.5. The van der Waals surface area contributed by atoms with Crippen LogP contribution in [-0.4, -0.2) is 56.8 Å². The summed E-state index contributed by atoms with van der Waals surface area (Å²) in [6, 6.07) is 14.6. The van der Waals surface area contributed by atoms with Gasteiger partial charge in [0.1, 0.15) is 18.5 Å². The van der Waals surface area contributed by atoms with E-state index >= 15 is 0 Å². The van der Waals surface area contributed by atoms with E-state index in [9.17, 15) is 14.0 Å². The van der Waals surface area contributed by atoms with Crippen molar-refractivity contribution < 1.29 is 23.5 Å². The molecule has 0 radical (unpaired) electrons. The highest BCUT2D eigenvalue weighted by atomic mass is 35.5. The predicted octanol–water partition coefficient (Wildman–Crippen LogP) is 3.94. The molecule has 178 valence electrons. The topological polar surface area (TPSA) is 71.1 Å². The van der Waals surface area contributed by atoms with E-state index in [0.29, 0.717) is 24.5 Å². The molecular formula is C24H29ClFN3O4. The zero-order valence-corrected chi connectivity index (χ0v) is 19.4. The Morgan fingerprint density at radius 1 is 1.21 bits per heavy atom. The van der Waals surface area contributed by atoms with Crippen LogP contribution in [0.25, 0.3) is 0 Å². The summed E-state index contributed by atoms with van der Waals surface area (Å²) in [6.45, 7) is 6.16. The van der Waals surface area contributed by atoms with Crippen LogP contribution in [0.5, 0.6) is 0 Å². The Labute approximate surface area is 198 Å². The maximum Gasteiger partial charge on any atom is 0.414 e. The Morgan fingerprint density at radius 2 is 1.94 bits per heavy atom. The minimum absolute atomic E-state index is 0.0313. The lowest BCUT2D eigenvalue weighted by Crippen LogP contribution is -2.43. The van der Waals surface area contributed by atoms with Gasteiger partial charge in [-0.3, -0.25) is 9.69 Å². The standard InChI is InChI=1S/C15H20FN3O2.C9H9ClO2/c1-2-12-10-19(15(20)21-12)11-3-4-14(13(16)9-11)18-7-5-17-6-8-18;10-9(11)7-12-6-8-4-2-1-3-5-8/h3-4,9,12,17H,2,5-8,10H2,1H3;1-5H,6-7H2/t12-;/m0./s1. The lowest BCUT2D eigenvalue weighted by atomic mass is 10.2. The molecule has 9 heteroatoms. The number of halogens is 2. The average molecular weight is 478 g/mol. The molecule has 2 aliphatic rings. The number of nitrogens with one attached hydrogen (secondary N) is 1. The molecule has 4 rings (SSSR count). The van der Waals surface area contributed by atoms with Gasteiger partial charge < -0.3 is 19.7 Å². The number of rotatable bonds is 7. The van der Waals surface area contributed by atoms with Crippen molar-refractivity contribution in [3.8, 4) is 0 Å². The fraction of sp³-hybridized carbons (Fsp3) is 0.417. The van der Waals surface area contributed by atoms with Crippen molar-refractivity contribution in [2.24, 2.45) is 0 Å². The highest BCUT2D eigenvalue weighted by Gasteiger charge is 2.31. The number of benzene rings is 2. The Bertz CT molecular complexity index is 925. The largest absolute Gasteiger partial charge is 0.444 e. The molecular weight excluding hydrogens is 449 g/mol. The van der Waals surface area contributed by atoms with Crippen LogP contribution >= 0.6 is 11.6 Å². The first-order valence-corrected chi connectivity index (χ1v) is 11.4. The summed E-state index contributed by atoms with van der Waals surface area (Å²) >= 11 is 5.08. The van der Waals surface area contributed by atoms with Crippen LogP contribution in [0.4, 0.5) is 20.6 Å². The van der Waals surface area contributed by atoms with Crippen molar-refractivity contribution in [2.75, 3.05) is 49.1 Å². The zero-order chi connectivity index (χ0) is 23.6. The number of ether oxygens (including phenoxy) is 2. The van der Waals surface area contributed by atoms with Crippen LogP contribution < -0.4 is 15.1 Å². The zero-order valence-electron chi connectivity index (χ0n) is 18.6. The number of carbonyl (C=O) groups is 2. The monoisotopic (exact) mass is 477 g/mol. The molecule has 33 heavy (non-hydrogen) atoms. The van der Waals surface area contributed by atoms with Crippen LogP contribution in [0, 0.1) is 5.82 Å². The number of carbonyl (C=O) groups excluding carboxylic acids is 2. The van der Waals surface area contributed by atoms with Gasteiger partial charge in [0.15, 0.2) is 0 Å². The molecule has 2 heterocycles. The smallest absolute Gasteiger partial charge is 0.414 e. The highest BCUT2D eigenvalue weighted by molar-refractivity contribution is 6.63. The Hall–Kier alpha value is -2.68. The first-order valence-electron chi connectivity index (χ1n) is 11.0. The minimum atomic E-state index is -0.467. The predicted molar refractivity (Wildman–Crippen MR) is 126 cm³/mol. The Morgan fingerprint density at radius 3 is 2.55 bits per heavy atom. The first kappa shape index (κ1) is 25.0. The van der Waals surface area contributed by atoms with E-state index in [0.717, 1.165) is 38.2 Å². The summed E-state index contributed by atoms with van der Waals surface area (Å²) in [6.07, 6.45) is 0.272. The number of hydrogen-bond acceptors (Lipinski definition) is 6. The Kier molecular flexibility index (Phi) is 9.47. The second-order valence-corrected chi connectivity index (χ2v) is 8.15. The molecule has 0 aliphatic carbocycles. The minimum Gasteiger partial charge on any atom is -0.444 e. The van der Waals surface area contributed by atoms with Gasteiger partial charge in [0.05, 0.1) is 24.5 Å². The van der Waals surface area contributed by atoms with Crippen LogP contribution in [0.1, 0.15) is 18.9 Å². The van der Waals surface area contributed by atoms with E-state index in [2.05, 4.69) is 5.32 Å². The van der Waals surface area contributed by atoms with Crippen LogP contribution in [-0.2, 0) is 20.9 Å². The van der Waals surface area contributed by atoms with E-state index in [1.165, 1.54) is 11.0 Å². The van der Waals surface area contributed by atoms with Gasteiger partial charge in [-0.05, 0) is 41.8 Å². The summed E-state index contributed by atoms with van der Waals surface area (Å²) < 4.78 is 24.6. The first-order chi connectivity index (χ1) is 16.0. The molecule has 2 aliphatic heterocycles. The number of anilines is 2. The van der Waals surface area contributed by atoms with Gasteiger partial charge in [-0.1, -0.05) is 37.3 Å². The molecule has 2 aromatic carbocycles. The molecule has 2 aromatic rings. The summed E-state index contributed by atoms with van der Waals surface area (Å²) in [5.74, 6) is -0.290. The van der Waals surface area contributed by atoms with Gasteiger partial charge in [0.25, 0.3) is 0 Å². The molecule has 1 atom stereocenters. The molecule has 0 saturated carbocycles. The van der Waals surface area contributed by atoms with E-state index in [1.807, 2.05) is 42.2 Å².